The first-order chi connectivity index (χ1) is 15.6. The number of piperazine rings is 1. The summed E-state index contributed by atoms with van der Waals surface area (Å²) in [5.74, 6) is -1.46. The molecular weight excluding hydrogens is 465 g/mol. The van der Waals surface area contributed by atoms with Crippen LogP contribution in [0.2, 0.25) is 0 Å². The number of benzene rings is 2. The SMILES string of the molecule is CCS(=O)(=O)N1CC(=O)N(Cc2ccc(SC)cc2)C(C)(C(=O)NCc2ccc(F)cc2)C1. The van der Waals surface area contributed by atoms with E-state index in [1.165, 1.54) is 24.0 Å². The Bertz CT molecular complexity index is 1110. The minimum absolute atomic E-state index is 0.125. The second-order valence-corrected chi connectivity index (χ2v) is 11.2. The van der Waals surface area contributed by atoms with E-state index in [1.807, 2.05) is 30.5 Å². The third-order valence-electron chi connectivity index (χ3n) is 5.81. The second-order valence-electron chi connectivity index (χ2n) is 8.08. The van der Waals surface area contributed by atoms with Crippen LogP contribution in [0.5, 0.6) is 0 Å². The highest BCUT2D eigenvalue weighted by atomic mass is 32.2. The molecule has 0 saturated carbocycles. The van der Waals surface area contributed by atoms with Crippen molar-refractivity contribution < 1.29 is 22.4 Å². The summed E-state index contributed by atoms with van der Waals surface area (Å²) >= 11 is 1.60. The van der Waals surface area contributed by atoms with Crippen molar-refractivity contribution in [3.63, 3.8) is 0 Å². The van der Waals surface area contributed by atoms with Crippen LogP contribution in [0.15, 0.2) is 53.4 Å². The molecule has 0 bridgehead atoms. The highest BCUT2D eigenvalue weighted by molar-refractivity contribution is 7.98. The molecule has 1 fully saturated rings. The van der Waals surface area contributed by atoms with Crippen molar-refractivity contribution >= 4 is 33.6 Å². The van der Waals surface area contributed by atoms with Gasteiger partial charge in [-0.25, -0.2) is 12.8 Å². The summed E-state index contributed by atoms with van der Waals surface area (Å²) in [6.07, 6.45) is 1.97. The maximum absolute atomic E-state index is 13.4. The first-order valence-corrected chi connectivity index (χ1v) is 13.4. The van der Waals surface area contributed by atoms with Crippen LogP contribution in [-0.4, -0.2) is 60.1 Å². The lowest BCUT2D eigenvalue weighted by atomic mass is 9.94. The van der Waals surface area contributed by atoms with Crippen molar-refractivity contribution in [1.82, 2.24) is 14.5 Å². The summed E-state index contributed by atoms with van der Waals surface area (Å²) in [5.41, 5.74) is 0.105. The summed E-state index contributed by atoms with van der Waals surface area (Å²) in [5, 5.41) is 2.79. The standard InChI is InChI=1S/C23H28FN3O4S2/c1-4-33(30,31)26-15-21(28)27(14-18-7-11-20(32-3)12-8-18)23(2,16-26)22(29)25-13-17-5-9-19(24)10-6-17/h5-12H,4,13-16H2,1-3H3,(H,25,29). The van der Waals surface area contributed by atoms with Crippen molar-refractivity contribution in [2.75, 3.05) is 25.1 Å². The second kappa shape index (κ2) is 10.2. The van der Waals surface area contributed by atoms with Gasteiger partial charge in [0, 0.05) is 24.5 Å². The van der Waals surface area contributed by atoms with Gasteiger partial charge in [0.2, 0.25) is 21.8 Å². The molecule has 1 N–H and O–H groups in total. The largest absolute Gasteiger partial charge is 0.350 e. The summed E-state index contributed by atoms with van der Waals surface area (Å²) in [6, 6.07) is 13.4. The van der Waals surface area contributed by atoms with E-state index in [4.69, 9.17) is 0 Å². The number of rotatable bonds is 8. The molecule has 0 aromatic heterocycles. The molecule has 1 saturated heterocycles. The fraction of sp³-hybridized carbons (Fsp3) is 0.391. The van der Waals surface area contributed by atoms with Crippen LogP contribution in [0.25, 0.3) is 0 Å². The number of halogens is 1. The van der Waals surface area contributed by atoms with Crippen LogP contribution in [0.3, 0.4) is 0 Å². The van der Waals surface area contributed by atoms with Gasteiger partial charge in [0.25, 0.3) is 0 Å². The third kappa shape index (κ3) is 5.74. The minimum atomic E-state index is -3.67. The van der Waals surface area contributed by atoms with E-state index < -0.39 is 27.4 Å². The summed E-state index contributed by atoms with van der Waals surface area (Å²) < 4.78 is 39.3. The van der Waals surface area contributed by atoms with Crippen LogP contribution in [0.4, 0.5) is 4.39 Å². The van der Waals surface area contributed by atoms with Gasteiger partial charge in [-0.2, -0.15) is 4.31 Å². The predicted molar refractivity (Wildman–Crippen MR) is 126 cm³/mol. The molecule has 2 amide bonds. The van der Waals surface area contributed by atoms with Crippen molar-refractivity contribution in [1.29, 1.82) is 0 Å². The monoisotopic (exact) mass is 493 g/mol. The molecule has 7 nitrogen and oxygen atoms in total. The van der Waals surface area contributed by atoms with E-state index in [1.54, 1.807) is 30.8 Å². The van der Waals surface area contributed by atoms with Gasteiger partial charge in [-0.3, -0.25) is 9.59 Å². The van der Waals surface area contributed by atoms with Gasteiger partial charge in [-0.15, -0.1) is 11.8 Å². The van der Waals surface area contributed by atoms with E-state index in [0.29, 0.717) is 5.56 Å². The van der Waals surface area contributed by atoms with Gasteiger partial charge in [0.15, 0.2) is 0 Å². The predicted octanol–water partition coefficient (Wildman–Crippen LogP) is 2.62. The molecule has 1 aliphatic heterocycles. The van der Waals surface area contributed by atoms with Gasteiger partial charge in [-0.05, 0) is 55.5 Å². The van der Waals surface area contributed by atoms with Crippen molar-refractivity contribution in [3.8, 4) is 0 Å². The number of hydrogen-bond donors (Lipinski definition) is 1. The molecule has 1 unspecified atom stereocenters. The number of carbonyl (C=O) groups excluding carboxylic acids is 2. The number of hydrogen-bond acceptors (Lipinski definition) is 5. The number of nitrogens with one attached hydrogen (secondary N) is 1. The summed E-state index contributed by atoms with van der Waals surface area (Å²) in [6.45, 7) is 2.94. The number of carbonyl (C=O) groups is 2. The first kappa shape index (κ1) is 25.2. The Kier molecular flexibility index (Phi) is 7.81. The van der Waals surface area contributed by atoms with E-state index in [-0.39, 0.29) is 37.7 Å². The Morgan fingerprint density at radius 3 is 2.30 bits per heavy atom. The minimum Gasteiger partial charge on any atom is -0.350 e. The van der Waals surface area contributed by atoms with E-state index in [0.717, 1.165) is 14.8 Å². The molecular formula is C23H28FN3O4S2. The normalized spacial score (nSPS) is 19.5. The molecule has 10 heteroatoms. The first-order valence-electron chi connectivity index (χ1n) is 10.5. The van der Waals surface area contributed by atoms with Gasteiger partial charge < -0.3 is 10.2 Å². The smallest absolute Gasteiger partial charge is 0.247 e. The maximum atomic E-state index is 13.4. The number of nitrogens with zero attached hydrogens (tertiary/aromatic N) is 2. The molecule has 0 radical (unpaired) electrons. The fourth-order valence-electron chi connectivity index (χ4n) is 3.72. The van der Waals surface area contributed by atoms with Crippen LogP contribution >= 0.6 is 11.8 Å². The van der Waals surface area contributed by atoms with Crippen LogP contribution < -0.4 is 5.32 Å². The van der Waals surface area contributed by atoms with E-state index in [2.05, 4.69) is 5.32 Å². The van der Waals surface area contributed by atoms with E-state index >= 15 is 0 Å². The average molecular weight is 494 g/mol. The molecule has 2 aromatic carbocycles. The average Bonchev–Trinajstić information content (AvgIpc) is 2.81. The third-order valence-corrected chi connectivity index (χ3v) is 8.32. The molecule has 2 aromatic rings. The van der Waals surface area contributed by atoms with Crippen molar-refractivity contribution in [2.24, 2.45) is 0 Å². The molecule has 1 atom stereocenters. The topological polar surface area (TPSA) is 86.8 Å². The maximum Gasteiger partial charge on any atom is 0.247 e. The Morgan fingerprint density at radius 1 is 1.12 bits per heavy atom. The number of amides is 2. The molecule has 178 valence electrons. The zero-order chi connectivity index (χ0) is 24.2. The van der Waals surface area contributed by atoms with E-state index in [9.17, 15) is 22.4 Å². The lowest BCUT2D eigenvalue weighted by Gasteiger charge is -2.46. The quantitative estimate of drug-likeness (QED) is 0.572. The fourth-order valence-corrected chi connectivity index (χ4v) is 5.25. The summed E-state index contributed by atoms with van der Waals surface area (Å²) in [4.78, 5) is 29.0. The van der Waals surface area contributed by atoms with Crippen LogP contribution in [-0.2, 0) is 32.7 Å². The van der Waals surface area contributed by atoms with Crippen LogP contribution in [0.1, 0.15) is 25.0 Å². The number of thioether (sulfide) groups is 1. The zero-order valence-corrected chi connectivity index (χ0v) is 20.5. The number of sulfonamides is 1. The highest BCUT2D eigenvalue weighted by Gasteiger charge is 2.49. The van der Waals surface area contributed by atoms with Gasteiger partial charge in [-0.1, -0.05) is 24.3 Å². The lowest BCUT2D eigenvalue weighted by molar-refractivity contribution is -0.153. The molecule has 33 heavy (non-hydrogen) atoms. The molecule has 1 heterocycles. The Hall–Kier alpha value is -2.43. The molecule has 1 aliphatic rings. The van der Waals surface area contributed by atoms with Gasteiger partial charge in [0.05, 0.1) is 12.3 Å². The highest BCUT2D eigenvalue weighted by Crippen LogP contribution is 2.28. The Labute approximate surface area is 198 Å². The van der Waals surface area contributed by atoms with Crippen molar-refractivity contribution in [3.05, 3.63) is 65.5 Å². The van der Waals surface area contributed by atoms with Gasteiger partial charge in [0.1, 0.15) is 11.4 Å². The summed E-state index contributed by atoms with van der Waals surface area (Å²) in [7, 11) is -3.67. The Morgan fingerprint density at radius 2 is 1.73 bits per heavy atom. The lowest BCUT2D eigenvalue weighted by Crippen LogP contribution is -2.69. The van der Waals surface area contributed by atoms with Gasteiger partial charge >= 0.3 is 0 Å². The molecule has 0 spiro atoms. The molecule has 0 aliphatic carbocycles. The molecule has 3 rings (SSSR count). The Balaban J connectivity index is 1.88. The zero-order valence-electron chi connectivity index (χ0n) is 18.9. The van der Waals surface area contributed by atoms with Crippen LogP contribution in [0, 0.1) is 5.82 Å². The van der Waals surface area contributed by atoms with Crippen molar-refractivity contribution in [2.45, 2.75) is 37.4 Å².